The van der Waals surface area contributed by atoms with Gasteiger partial charge in [0.2, 0.25) is 5.89 Å². The average molecular weight is 404 g/mol. The second kappa shape index (κ2) is 8.06. The molecule has 0 atom stereocenters. The summed E-state index contributed by atoms with van der Waals surface area (Å²) >= 11 is 0. The molecular formula is C19H21N2O6P. The van der Waals surface area contributed by atoms with E-state index >= 15 is 0 Å². The second-order valence-electron chi connectivity index (χ2n) is 6.33. The van der Waals surface area contributed by atoms with Crippen LogP contribution >= 0.6 is 7.82 Å². The molecule has 0 aliphatic carbocycles. The molecule has 3 aromatic rings. The Balaban J connectivity index is 1.78. The van der Waals surface area contributed by atoms with Gasteiger partial charge in [-0.2, -0.15) is 0 Å². The van der Waals surface area contributed by atoms with Gasteiger partial charge in [0.05, 0.1) is 12.8 Å². The minimum Gasteiger partial charge on any atom is -0.493 e. The Kier molecular flexibility index (Phi) is 5.74. The fourth-order valence-corrected chi connectivity index (χ4v) is 3.05. The molecule has 0 fully saturated rings. The number of rotatable bonds is 7. The molecule has 0 spiro atoms. The number of phosphoric ester groups is 1. The highest BCUT2D eigenvalue weighted by molar-refractivity contribution is 7.46. The zero-order chi connectivity index (χ0) is 20.3. The highest BCUT2D eigenvalue weighted by Crippen LogP contribution is 2.43. The highest BCUT2D eigenvalue weighted by Gasteiger charge is 2.20. The lowest BCUT2D eigenvalue weighted by Crippen LogP contribution is -2.08. The fraction of sp³-hybridized carbons (Fsp3) is 0.211. The molecule has 9 heteroatoms. The summed E-state index contributed by atoms with van der Waals surface area (Å²) in [6.07, 6.45) is 2.20. The summed E-state index contributed by atoms with van der Waals surface area (Å²) in [5.74, 6) is 0.480. The van der Waals surface area contributed by atoms with Crippen LogP contribution in [-0.4, -0.2) is 36.0 Å². The van der Waals surface area contributed by atoms with Gasteiger partial charge in [-0.1, -0.05) is 12.1 Å². The molecular weight excluding hydrogens is 383 g/mol. The van der Waals surface area contributed by atoms with Crippen molar-refractivity contribution in [1.29, 1.82) is 0 Å². The first-order chi connectivity index (χ1) is 13.2. The van der Waals surface area contributed by atoms with Crippen LogP contribution in [0.5, 0.6) is 11.5 Å². The van der Waals surface area contributed by atoms with Gasteiger partial charge in [-0.3, -0.25) is 9.79 Å². The molecule has 0 saturated heterocycles. The summed E-state index contributed by atoms with van der Waals surface area (Å²) < 4.78 is 26.4. The summed E-state index contributed by atoms with van der Waals surface area (Å²) in [6.45, 7) is 0. The van der Waals surface area contributed by atoms with Crippen LogP contribution in [0.2, 0.25) is 0 Å². The predicted octanol–water partition coefficient (Wildman–Crippen LogP) is 3.48. The van der Waals surface area contributed by atoms with Crippen molar-refractivity contribution in [3.63, 3.8) is 0 Å². The van der Waals surface area contributed by atoms with Crippen LogP contribution in [0.4, 0.5) is 5.69 Å². The van der Waals surface area contributed by atoms with Gasteiger partial charge in [0.1, 0.15) is 6.26 Å². The van der Waals surface area contributed by atoms with Gasteiger partial charge in [-0.05, 0) is 35.9 Å². The molecule has 3 rings (SSSR count). The number of benzene rings is 2. The van der Waals surface area contributed by atoms with Gasteiger partial charge in [-0.25, -0.2) is 9.55 Å². The Morgan fingerprint density at radius 3 is 2.43 bits per heavy atom. The molecule has 1 heterocycles. The maximum Gasteiger partial charge on any atom is 0.524 e. The third kappa shape index (κ3) is 4.92. The zero-order valence-corrected chi connectivity index (χ0v) is 16.6. The van der Waals surface area contributed by atoms with Crippen molar-refractivity contribution in [1.82, 2.24) is 4.98 Å². The van der Waals surface area contributed by atoms with Crippen LogP contribution in [0.25, 0.3) is 11.5 Å². The molecule has 0 unspecified atom stereocenters. The molecule has 2 N–H and O–H groups in total. The third-order valence-electron chi connectivity index (χ3n) is 4.02. The Hall–Kier alpha value is -2.80. The fourth-order valence-electron chi connectivity index (χ4n) is 2.65. The SMILES string of the molecule is COc1cc(-c2nc(Cc3ccc(N(C)C)cc3)co2)ccc1OP(=O)(O)O. The predicted molar refractivity (Wildman–Crippen MR) is 105 cm³/mol. The first kappa shape index (κ1) is 19.9. The van der Waals surface area contributed by atoms with E-state index in [1.54, 1.807) is 18.4 Å². The smallest absolute Gasteiger partial charge is 0.493 e. The summed E-state index contributed by atoms with van der Waals surface area (Å²) in [5, 5.41) is 0. The monoisotopic (exact) mass is 404 g/mol. The van der Waals surface area contributed by atoms with Crippen molar-refractivity contribution < 1.29 is 28.0 Å². The first-order valence-corrected chi connectivity index (χ1v) is 9.92. The van der Waals surface area contributed by atoms with Crippen LogP contribution in [-0.2, 0) is 11.0 Å². The number of oxazole rings is 1. The molecule has 28 heavy (non-hydrogen) atoms. The molecule has 2 aromatic carbocycles. The number of methoxy groups -OCH3 is 1. The van der Waals surface area contributed by atoms with Gasteiger partial charge in [0, 0.05) is 31.8 Å². The standard InChI is InChI=1S/C19H21N2O6P/c1-21(2)16-7-4-13(5-8-16)10-15-12-26-19(20-15)14-6-9-17(18(11-14)25-3)27-28(22,23)24/h4-9,11-12H,10H2,1-3H3,(H2,22,23,24). The second-order valence-corrected chi connectivity index (χ2v) is 7.49. The summed E-state index contributed by atoms with van der Waals surface area (Å²) in [6, 6.07) is 12.7. The number of aromatic nitrogens is 1. The normalized spacial score (nSPS) is 11.3. The van der Waals surface area contributed by atoms with E-state index in [9.17, 15) is 4.57 Å². The molecule has 0 radical (unpaired) electrons. The van der Waals surface area contributed by atoms with Crippen molar-refractivity contribution >= 4 is 13.5 Å². The lowest BCUT2D eigenvalue weighted by molar-refractivity contribution is 0.276. The van der Waals surface area contributed by atoms with Crippen molar-refractivity contribution in [2.45, 2.75) is 6.42 Å². The van der Waals surface area contributed by atoms with E-state index in [4.69, 9.17) is 18.9 Å². The molecule has 0 bridgehead atoms. The van der Waals surface area contributed by atoms with E-state index in [1.165, 1.54) is 13.2 Å². The van der Waals surface area contributed by atoms with Gasteiger partial charge >= 0.3 is 7.82 Å². The number of hydrogen-bond donors (Lipinski definition) is 2. The van der Waals surface area contributed by atoms with Crippen LogP contribution in [0.1, 0.15) is 11.3 Å². The van der Waals surface area contributed by atoms with E-state index in [-0.39, 0.29) is 11.5 Å². The molecule has 8 nitrogen and oxygen atoms in total. The third-order valence-corrected chi connectivity index (χ3v) is 4.45. The van der Waals surface area contributed by atoms with E-state index in [0.717, 1.165) is 16.9 Å². The summed E-state index contributed by atoms with van der Waals surface area (Å²) in [7, 11) is 0.676. The number of phosphoric acid groups is 1. The number of ether oxygens (including phenoxy) is 1. The number of nitrogens with zero attached hydrogens (tertiary/aromatic N) is 2. The molecule has 0 saturated carbocycles. The highest BCUT2D eigenvalue weighted by atomic mass is 31.2. The number of anilines is 1. The quantitative estimate of drug-likeness (QED) is 0.577. The Morgan fingerprint density at radius 1 is 1.11 bits per heavy atom. The largest absolute Gasteiger partial charge is 0.524 e. The van der Waals surface area contributed by atoms with Gasteiger partial charge in [0.15, 0.2) is 11.5 Å². The van der Waals surface area contributed by atoms with Crippen LogP contribution in [0, 0.1) is 0 Å². The molecule has 0 amide bonds. The molecule has 1 aromatic heterocycles. The maximum absolute atomic E-state index is 11.0. The Labute approximate surface area is 162 Å². The molecule has 0 aliphatic rings. The Morgan fingerprint density at radius 2 is 1.82 bits per heavy atom. The van der Waals surface area contributed by atoms with E-state index in [1.807, 2.05) is 43.3 Å². The molecule has 148 valence electrons. The lowest BCUT2D eigenvalue weighted by Gasteiger charge is -2.12. The zero-order valence-electron chi connectivity index (χ0n) is 15.7. The lowest BCUT2D eigenvalue weighted by atomic mass is 10.1. The van der Waals surface area contributed by atoms with Crippen LogP contribution < -0.4 is 14.2 Å². The number of hydrogen-bond acceptors (Lipinski definition) is 6. The van der Waals surface area contributed by atoms with Gasteiger partial charge in [-0.15, -0.1) is 0 Å². The first-order valence-electron chi connectivity index (χ1n) is 8.39. The van der Waals surface area contributed by atoms with E-state index in [2.05, 4.69) is 9.51 Å². The van der Waals surface area contributed by atoms with Crippen LogP contribution in [0.3, 0.4) is 0 Å². The maximum atomic E-state index is 11.0. The minimum absolute atomic E-state index is 0.0626. The molecule has 0 aliphatic heterocycles. The van der Waals surface area contributed by atoms with Crippen molar-refractivity contribution in [3.8, 4) is 23.0 Å². The van der Waals surface area contributed by atoms with Crippen molar-refractivity contribution in [2.24, 2.45) is 0 Å². The summed E-state index contributed by atoms with van der Waals surface area (Å²) in [4.78, 5) is 24.5. The Bertz CT molecular complexity index is 994. The average Bonchev–Trinajstić information content (AvgIpc) is 3.09. The van der Waals surface area contributed by atoms with Gasteiger partial charge < -0.3 is 18.6 Å². The van der Waals surface area contributed by atoms with Crippen molar-refractivity contribution in [3.05, 3.63) is 60.0 Å². The minimum atomic E-state index is -4.68. The van der Waals surface area contributed by atoms with E-state index < -0.39 is 7.82 Å². The summed E-state index contributed by atoms with van der Waals surface area (Å²) in [5.41, 5.74) is 3.59. The van der Waals surface area contributed by atoms with Crippen LogP contribution in [0.15, 0.2) is 53.1 Å². The van der Waals surface area contributed by atoms with Gasteiger partial charge in [0.25, 0.3) is 0 Å². The van der Waals surface area contributed by atoms with Crippen molar-refractivity contribution in [2.75, 3.05) is 26.1 Å². The van der Waals surface area contributed by atoms with E-state index in [0.29, 0.717) is 17.9 Å². The topological polar surface area (TPSA) is 105 Å².